The van der Waals surface area contributed by atoms with Crippen molar-refractivity contribution in [1.82, 2.24) is 0 Å². The van der Waals surface area contributed by atoms with Crippen molar-refractivity contribution < 1.29 is 23.8 Å². The maximum atomic E-state index is 11.6. The van der Waals surface area contributed by atoms with Crippen molar-refractivity contribution in [3.63, 3.8) is 0 Å². The van der Waals surface area contributed by atoms with E-state index in [1.807, 2.05) is 0 Å². The first-order valence-electron chi connectivity index (χ1n) is 5.26. The molecule has 0 saturated heterocycles. The molecule has 98 valence electrons. The van der Waals surface area contributed by atoms with Crippen molar-refractivity contribution in [1.29, 1.82) is 0 Å². The maximum absolute atomic E-state index is 11.6. The van der Waals surface area contributed by atoms with Crippen LogP contribution in [0.25, 0.3) is 11.1 Å². The third kappa shape index (κ3) is 2.81. The van der Waals surface area contributed by atoms with Crippen LogP contribution in [0.4, 0.5) is 0 Å². The van der Waals surface area contributed by atoms with E-state index in [1.165, 1.54) is 30.3 Å². The number of benzene rings is 2. The van der Waals surface area contributed by atoms with E-state index in [0.29, 0.717) is 11.1 Å². The lowest BCUT2D eigenvalue weighted by atomic mass is 10.00. The Kier molecular flexibility index (Phi) is 3.64. The van der Waals surface area contributed by atoms with Gasteiger partial charge in [0.2, 0.25) is 11.1 Å². The van der Waals surface area contributed by atoms with Crippen LogP contribution in [0.2, 0.25) is 0 Å². The molecule has 0 aliphatic rings. The van der Waals surface area contributed by atoms with Crippen LogP contribution < -0.4 is 0 Å². The SMILES string of the molecule is O=C(c1ccc(O)cc1-c1ccc(O)cc1)S(=O)O. The third-order valence-corrected chi connectivity index (χ3v) is 3.10. The van der Waals surface area contributed by atoms with Crippen LogP contribution in [-0.4, -0.2) is 24.1 Å². The highest BCUT2D eigenvalue weighted by molar-refractivity contribution is 7.95. The predicted molar refractivity (Wildman–Crippen MR) is 70.3 cm³/mol. The topological polar surface area (TPSA) is 94.8 Å². The molecule has 0 aliphatic carbocycles. The number of phenolic OH excluding ortho intramolecular Hbond substituents is 2. The summed E-state index contributed by atoms with van der Waals surface area (Å²) in [6.45, 7) is 0. The average molecular weight is 278 g/mol. The molecule has 2 rings (SSSR count). The van der Waals surface area contributed by atoms with Gasteiger partial charge < -0.3 is 10.2 Å². The lowest BCUT2D eigenvalue weighted by molar-refractivity contribution is 0.107. The summed E-state index contributed by atoms with van der Waals surface area (Å²) in [5.74, 6) is -0.00846. The summed E-state index contributed by atoms with van der Waals surface area (Å²) in [4.78, 5) is 11.6. The number of carbonyl (C=O) groups excluding carboxylic acids is 1. The number of carbonyl (C=O) groups is 1. The first-order valence-corrected chi connectivity index (χ1v) is 6.37. The van der Waals surface area contributed by atoms with E-state index in [1.54, 1.807) is 12.1 Å². The molecule has 0 spiro atoms. The van der Waals surface area contributed by atoms with Gasteiger partial charge in [-0.1, -0.05) is 12.1 Å². The van der Waals surface area contributed by atoms with Crippen molar-refractivity contribution in [2.45, 2.75) is 0 Å². The molecule has 0 radical (unpaired) electrons. The summed E-state index contributed by atoms with van der Waals surface area (Å²) in [6, 6.07) is 9.81. The summed E-state index contributed by atoms with van der Waals surface area (Å²) in [6.07, 6.45) is 0. The van der Waals surface area contributed by atoms with E-state index in [0.717, 1.165) is 0 Å². The van der Waals surface area contributed by atoms with Gasteiger partial charge in [0, 0.05) is 5.56 Å². The summed E-state index contributed by atoms with van der Waals surface area (Å²) in [5, 5.41) is 17.8. The minimum Gasteiger partial charge on any atom is -0.508 e. The largest absolute Gasteiger partial charge is 0.508 e. The third-order valence-electron chi connectivity index (χ3n) is 2.56. The number of hydrogen-bond donors (Lipinski definition) is 3. The standard InChI is InChI=1S/C13H10O5S/c14-9-3-1-8(2-4-9)12-7-10(15)5-6-11(12)13(16)19(17)18/h1-7,14-15H,(H,17,18). The normalized spacial score (nSPS) is 12.1. The molecule has 0 aliphatic heterocycles. The second kappa shape index (κ2) is 5.21. The molecule has 5 nitrogen and oxygen atoms in total. The number of rotatable bonds is 2. The van der Waals surface area contributed by atoms with Gasteiger partial charge in [-0.3, -0.25) is 9.35 Å². The molecular formula is C13H10O5S. The van der Waals surface area contributed by atoms with Gasteiger partial charge in [-0.15, -0.1) is 0 Å². The van der Waals surface area contributed by atoms with E-state index in [-0.39, 0.29) is 17.1 Å². The first kappa shape index (κ1) is 13.3. The van der Waals surface area contributed by atoms with Gasteiger partial charge >= 0.3 is 0 Å². The Bertz CT molecular complexity index is 649. The maximum Gasteiger partial charge on any atom is 0.276 e. The van der Waals surface area contributed by atoms with Crippen molar-refractivity contribution >= 4 is 16.2 Å². The summed E-state index contributed by atoms with van der Waals surface area (Å²) in [5.41, 5.74) is 0.902. The second-order valence-electron chi connectivity index (χ2n) is 3.81. The number of hydrogen-bond acceptors (Lipinski definition) is 4. The molecule has 0 heterocycles. The van der Waals surface area contributed by atoms with Gasteiger partial charge in [0.05, 0.1) is 0 Å². The molecule has 0 fully saturated rings. The van der Waals surface area contributed by atoms with E-state index < -0.39 is 16.2 Å². The number of phenols is 2. The molecule has 6 heteroatoms. The molecule has 0 aromatic heterocycles. The molecule has 0 amide bonds. The Morgan fingerprint density at radius 2 is 1.53 bits per heavy atom. The molecule has 1 unspecified atom stereocenters. The quantitative estimate of drug-likeness (QED) is 0.731. The highest BCUT2D eigenvalue weighted by Gasteiger charge is 2.18. The molecule has 19 heavy (non-hydrogen) atoms. The van der Waals surface area contributed by atoms with Crippen LogP contribution in [0.15, 0.2) is 42.5 Å². The first-order chi connectivity index (χ1) is 8.99. The van der Waals surface area contributed by atoms with Gasteiger partial charge in [-0.25, -0.2) is 4.21 Å². The van der Waals surface area contributed by atoms with Crippen molar-refractivity contribution in [2.24, 2.45) is 0 Å². The monoisotopic (exact) mass is 278 g/mol. The lowest BCUT2D eigenvalue weighted by Crippen LogP contribution is -2.07. The van der Waals surface area contributed by atoms with E-state index in [2.05, 4.69) is 0 Å². The van der Waals surface area contributed by atoms with Crippen LogP contribution in [0.3, 0.4) is 0 Å². The molecule has 2 aromatic rings. The zero-order valence-electron chi connectivity index (χ0n) is 9.61. The van der Waals surface area contributed by atoms with Crippen LogP contribution >= 0.6 is 0 Å². The fraction of sp³-hybridized carbons (Fsp3) is 0. The Morgan fingerprint density at radius 1 is 0.947 bits per heavy atom. The van der Waals surface area contributed by atoms with Gasteiger partial charge in [-0.05, 0) is 41.5 Å². The second-order valence-corrected chi connectivity index (χ2v) is 4.68. The van der Waals surface area contributed by atoms with Crippen LogP contribution in [0.5, 0.6) is 11.5 Å². The fourth-order valence-electron chi connectivity index (χ4n) is 1.68. The summed E-state index contributed by atoms with van der Waals surface area (Å²) < 4.78 is 19.8. The van der Waals surface area contributed by atoms with Crippen LogP contribution in [-0.2, 0) is 11.1 Å². The van der Waals surface area contributed by atoms with Gasteiger partial charge in [0.25, 0.3) is 5.12 Å². The number of aromatic hydroxyl groups is 2. The van der Waals surface area contributed by atoms with Crippen molar-refractivity contribution in [3.05, 3.63) is 48.0 Å². The van der Waals surface area contributed by atoms with Gasteiger partial charge in [0.1, 0.15) is 11.5 Å². The van der Waals surface area contributed by atoms with Crippen LogP contribution in [0.1, 0.15) is 10.4 Å². The Labute approximate surface area is 111 Å². The van der Waals surface area contributed by atoms with E-state index in [4.69, 9.17) is 4.55 Å². The Morgan fingerprint density at radius 3 is 2.11 bits per heavy atom. The predicted octanol–water partition coefficient (Wildman–Crippen LogP) is 2.13. The van der Waals surface area contributed by atoms with Gasteiger partial charge in [-0.2, -0.15) is 0 Å². The highest BCUT2D eigenvalue weighted by Crippen LogP contribution is 2.29. The minimum absolute atomic E-state index is 0.0318. The minimum atomic E-state index is -2.63. The Hall–Kier alpha value is -2.18. The zero-order chi connectivity index (χ0) is 14.0. The highest BCUT2D eigenvalue weighted by atomic mass is 32.2. The molecule has 0 saturated carbocycles. The molecule has 2 aromatic carbocycles. The molecule has 1 atom stereocenters. The summed E-state index contributed by atoms with van der Waals surface area (Å²) in [7, 11) is 0. The molecule has 3 N–H and O–H groups in total. The van der Waals surface area contributed by atoms with Crippen molar-refractivity contribution in [3.8, 4) is 22.6 Å². The molecular weight excluding hydrogens is 268 g/mol. The lowest BCUT2D eigenvalue weighted by Gasteiger charge is -2.08. The Balaban J connectivity index is 2.61. The zero-order valence-corrected chi connectivity index (χ0v) is 10.4. The molecule has 0 bridgehead atoms. The van der Waals surface area contributed by atoms with Gasteiger partial charge in [0.15, 0.2) is 0 Å². The van der Waals surface area contributed by atoms with E-state index in [9.17, 15) is 19.2 Å². The fourth-order valence-corrected chi connectivity index (χ4v) is 2.05. The average Bonchev–Trinajstić information content (AvgIpc) is 2.38. The summed E-state index contributed by atoms with van der Waals surface area (Å²) >= 11 is -2.63. The smallest absolute Gasteiger partial charge is 0.276 e. The van der Waals surface area contributed by atoms with Crippen molar-refractivity contribution in [2.75, 3.05) is 0 Å². The van der Waals surface area contributed by atoms with Crippen LogP contribution in [0, 0.1) is 0 Å². The van der Waals surface area contributed by atoms with E-state index >= 15 is 0 Å².